The Bertz CT molecular complexity index is 1770. The van der Waals surface area contributed by atoms with Crippen LogP contribution < -0.4 is 4.74 Å². The molecule has 0 spiro atoms. The fourth-order valence-electron chi connectivity index (χ4n) is 5.50. The van der Waals surface area contributed by atoms with Gasteiger partial charge in [0.05, 0.1) is 13.2 Å². The summed E-state index contributed by atoms with van der Waals surface area (Å²) in [4.78, 5) is 21.6. The van der Waals surface area contributed by atoms with Gasteiger partial charge in [0.1, 0.15) is 11.5 Å². The lowest BCUT2D eigenvalue weighted by molar-refractivity contribution is 0.275. The summed E-state index contributed by atoms with van der Waals surface area (Å²) in [5.74, 6) is 1.85. The van der Waals surface area contributed by atoms with Crippen molar-refractivity contribution in [2.45, 2.75) is 25.7 Å². The zero-order chi connectivity index (χ0) is 34.3. The summed E-state index contributed by atoms with van der Waals surface area (Å²) in [5.41, 5.74) is 10.2. The maximum Gasteiger partial charge on any atom is 0.466 e. The van der Waals surface area contributed by atoms with Crippen LogP contribution >= 0.6 is 7.82 Å². The van der Waals surface area contributed by atoms with Crippen LogP contribution in [0.5, 0.6) is 11.5 Å². The van der Waals surface area contributed by atoms with Crippen LogP contribution in [0.2, 0.25) is 0 Å². The average molecular weight is 673 g/mol. The Morgan fingerprint density at radius 3 is 1.02 bits per heavy atom. The fourth-order valence-corrected chi connectivity index (χ4v) is 5.50. The third-order valence-corrected chi connectivity index (χ3v) is 7.81. The molecule has 6 aromatic carbocycles. The van der Waals surface area contributed by atoms with Crippen molar-refractivity contribution in [1.29, 1.82) is 0 Å². The van der Waals surface area contributed by atoms with Gasteiger partial charge in [-0.2, -0.15) is 0 Å². The monoisotopic (exact) mass is 672 g/mol. The van der Waals surface area contributed by atoms with E-state index >= 15 is 0 Å². The Balaban J connectivity index is 0.000000522. The second kappa shape index (κ2) is 18.1. The third-order valence-electron chi connectivity index (χ3n) is 7.81. The normalized spacial score (nSPS) is 11.7. The van der Waals surface area contributed by atoms with Gasteiger partial charge in [0, 0.05) is 24.0 Å². The number of ether oxygens (including phenoxy) is 2. The molecule has 0 saturated carbocycles. The minimum absolute atomic E-state index is 0.816. The van der Waals surface area contributed by atoms with Gasteiger partial charge in [-0.1, -0.05) is 146 Å². The number of hydrogen-bond donors (Lipinski definition) is 3. The molecular weight excluding hydrogens is 631 g/mol. The molecule has 7 heteroatoms. The quantitative estimate of drug-likeness (QED) is 0.0993. The molecular formula is C42H41O6P. The van der Waals surface area contributed by atoms with Gasteiger partial charge in [0.2, 0.25) is 0 Å². The van der Waals surface area contributed by atoms with Crippen molar-refractivity contribution in [1.82, 2.24) is 0 Å². The lowest BCUT2D eigenvalue weighted by atomic mass is 9.93. The molecule has 1 aliphatic rings. The van der Waals surface area contributed by atoms with Gasteiger partial charge in [0.15, 0.2) is 0 Å². The van der Waals surface area contributed by atoms with E-state index in [9.17, 15) is 0 Å². The predicted molar refractivity (Wildman–Crippen MR) is 195 cm³/mol. The van der Waals surface area contributed by atoms with E-state index in [0.29, 0.717) is 0 Å². The summed E-state index contributed by atoms with van der Waals surface area (Å²) >= 11 is 0. The molecule has 0 unspecified atom stereocenters. The lowest BCUT2D eigenvalue weighted by Crippen LogP contribution is -2.04. The highest BCUT2D eigenvalue weighted by Crippen LogP contribution is 2.35. The molecule has 49 heavy (non-hydrogen) atoms. The van der Waals surface area contributed by atoms with E-state index in [4.69, 9.17) is 24.0 Å². The summed E-state index contributed by atoms with van der Waals surface area (Å²) in [5, 5.41) is 0. The van der Waals surface area contributed by atoms with Crippen molar-refractivity contribution in [3.05, 3.63) is 202 Å². The maximum atomic E-state index is 8.88. The van der Waals surface area contributed by atoms with Crippen LogP contribution in [0.1, 0.15) is 44.5 Å². The van der Waals surface area contributed by atoms with Gasteiger partial charge in [-0.3, -0.25) is 0 Å². The Kier molecular flexibility index (Phi) is 13.1. The highest BCUT2D eigenvalue weighted by Gasteiger charge is 2.16. The number of hydrogen-bond acceptors (Lipinski definition) is 3. The van der Waals surface area contributed by atoms with Crippen LogP contribution in [0.3, 0.4) is 0 Å². The molecule has 3 N–H and O–H groups in total. The highest BCUT2D eigenvalue weighted by atomic mass is 31.2. The molecule has 1 saturated heterocycles. The van der Waals surface area contributed by atoms with Crippen molar-refractivity contribution >= 4 is 7.82 Å². The van der Waals surface area contributed by atoms with Crippen LogP contribution in [-0.4, -0.2) is 27.9 Å². The van der Waals surface area contributed by atoms with Crippen LogP contribution in [0, 0.1) is 0 Å². The van der Waals surface area contributed by atoms with Crippen molar-refractivity contribution in [3.63, 3.8) is 0 Å². The Morgan fingerprint density at radius 1 is 0.449 bits per heavy atom. The van der Waals surface area contributed by atoms with E-state index in [1.54, 1.807) is 0 Å². The summed E-state index contributed by atoms with van der Waals surface area (Å²) in [6.45, 7) is 2.00. The molecule has 6 nitrogen and oxygen atoms in total. The van der Waals surface area contributed by atoms with Gasteiger partial charge in [-0.25, -0.2) is 4.57 Å². The molecule has 0 radical (unpaired) electrons. The molecule has 1 heterocycles. The van der Waals surface area contributed by atoms with Crippen molar-refractivity contribution in [2.75, 3.05) is 13.2 Å². The largest absolute Gasteiger partial charge is 0.466 e. The van der Waals surface area contributed by atoms with Crippen LogP contribution in [0.15, 0.2) is 158 Å². The molecule has 6 aromatic rings. The van der Waals surface area contributed by atoms with E-state index in [0.717, 1.165) is 50.4 Å². The zero-order valence-electron chi connectivity index (χ0n) is 27.3. The van der Waals surface area contributed by atoms with Gasteiger partial charge in [-0.15, -0.1) is 0 Å². The molecule has 0 bridgehead atoms. The van der Waals surface area contributed by atoms with Gasteiger partial charge >= 0.3 is 7.82 Å². The minimum atomic E-state index is -4.64. The molecule has 0 aromatic heterocycles. The van der Waals surface area contributed by atoms with E-state index in [2.05, 4.69) is 162 Å². The van der Waals surface area contributed by atoms with E-state index in [-0.39, 0.29) is 0 Å². The summed E-state index contributed by atoms with van der Waals surface area (Å²) < 4.78 is 20.3. The van der Waals surface area contributed by atoms with Gasteiger partial charge < -0.3 is 24.2 Å². The van der Waals surface area contributed by atoms with Crippen LogP contribution in [0.4, 0.5) is 0 Å². The third kappa shape index (κ3) is 12.6. The highest BCUT2D eigenvalue weighted by molar-refractivity contribution is 7.45. The first-order chi connectivity index (χ1) is 23.8. The molecule has 7 rings (SSSR count). The Labute approximate surface area is 288 Å². The molecule has 0 atom stereocenters. The molecule has 1 fully saturated rings. The lowest BCUT2D eigenvalue weighted by Gasteiger charge is -2.20. The Morgan fingerprint density at radius 2 is 0.735 bits per heavy atom. The first kappa shape index (κ1) is 35.5. The number of phosphoric acid groups is 1. The van der Waals surface area contributed by atoms with Gasteiger partial charge in [0.25, 0.3) is 0 Å². The second-order valence-corrected chi connectivity index (χ2v) is 12.7. The first-order valence-corrected chi connectivity index (χ1v) is 17.8. The van der Waals surface area contributed by atoms with Crippen LogP contribution in [-0.2, 0) is 35.0 Å². The molecule has 1 aliphatic heterocycles. The fraction of sp³-hybridized carbons (Fsp3) is 0.143. The smallest absolute Gasteiger partial charge is 0.457 e. The zero-order valence-corrected chi connectivity index (χ0v) is 28.2. The van der Waals surface area contributed by atoms with Crippen LogP contribution in [0.25, 0.3) is 0 Å². The van der Waals surface area contributed by atoms with Crippen molar-refractivity contribution in [2.24, 2.45) is 0 Å². The van der Waals surface area contributed by atoms with Crippen molar-refractivity contribution < 1.29 is 28.7 Å². The second-order valence-electron chi connectivity index (χ2n) is 11.7. The Hall–Kier alpha value is -4.81. The number of epoxide rings is 1. The molecule has 0 amide bonds. The van der Waals surface area contributed by atoms with E-state index in [1.165, 1.54) is 44.5 Å². The molecule has 0 aliphatic carbocycles. The number of rotatable bonds is 10. The molecule has 250 valence electrons. The standard InChI is InChI=1S/C40H34O.C2H4O.H3O4P/c1-5-15-31(16-6-1)27-35-23-13-25-39(37(35)29-33-19-9-3-10-20-33)41-40-26-14-24-36(28-32-17-7-2-8-18-32)38(40)30-34-21-11-4-12-22-34;1-2-3-1;1-5(2,3)4/h1-26H,27-30H2;1-2H2;(H3,1,2,3,4). The van der Waals surface area contributed by atoms with Crippen molar-refractivity contribution in [3.8, 4) is 11.5 Å². The summed E-state index contributed by atoms with van der Waals surface area (Å²) in [6, 6.07) is 55.8. The average Bonchev–Trinajstić information content (AvgIpc) is 3.99. The SMILES string of the molecule is C1CO1.O=P(O)(O)O.c1ccc(Cc2cccc(Oc3cccc(Cc4ccccc4)c3Cc3ccccc3)c2Cc2ccccc2)cc1. The maximum absolute atomic E-state index is 8.88. The summed E-state index contributed by atoms with van der Waals surface area (Å²) in [7, 11) is -4.64. The first-order valence-electron chi connectivity index (χ1n) is 16.2. The predicted octanol–water partition coefficient (Wildman–Crippen LogP) is 8.93. The topological polar surface area (TPSA) is 99.5 Å². The van der Waals surface area contributed by atoms with E-state index < -0.39 is 7.82 Å². The van der Waals surface area contributed by atoms with Gasteiger partial charge in [-0.05, 0) is 58.4 Å². The van der Waals surface area contributed by atoms with E-state index in [1.807, 2.05) is 0 Å². The minimum Gasteiger partial charge on any atom is -0.457 e. The number of benzene rings is 6. The summed E-state index contributed by atoms with van der Waals surface area (Å²) in [6.07, 6.45) is 3.37.